The van der Waals surface area contributed by atoms with Gasteiger partial charge >= 0.3 is 0 Å². The molecule has 140 valence electrons. The minimum Gasteiger partial charge on any atom is -0.497 e. The van der Waals surface area contributed by atoms with Gasteiger partial charge in [0.15, 0.2) is 11.5 Å². The number of methoxy groups -OCH3 is 2. The molecule has 1 N–H and O–H groups in total. The Balaban J connectivity index is 1.61. The molecule has 0 aliphatic rings. The topological polar surface area (TPSA) is 86.5 Å². The number of para-hydroxylation sites is 1. The molecular weight excluding hydrogens is 356 g/mol. The second kappa shape index (κ2) is 7.75. The van der Waals surface area contributed by atoms with Crippen molar-refractivity contribution in [1.82, 2.24) is 19.7 Å². The van der Waals surface area contributed by atoms with Crippen LogP contribution in [0.5, 0.6) is 11.5 Å². The second-order valence-electron chi connectivity index (χ2n) is 5.83. The van der Waals surface area contributed by atoms with Crippen molar-refractivity contribution in [3.63, 3.8) is 0 Å². The van der Waals surface area contributed by atoms with Crippen LogP contribution in [-0.4, -0.2) is 40.2 Å². The van der Waals surface area contributed by atoms with Gasteiger partial charge in [-0.1, -0.05) is 18.2 Å². The maximum atomic E-state index is 5.38. The molecule has 0 bridgehead atoms. The monoisotopic (exact) mass is 374 g/mol. The molecule has 0 fully saturated rings. The zero-order valence-electron chi connectivity index (χ0n) is 15.4. The highest BCUT2D eigenvalue weighted by Crippen LogP contribution is 2.24. The average Bonchev–Trinajstić information content (AvgIpc) is 3.19. The highest BCUT2D eigenvalue weighted by atomic mass is 16.5. The Bertz CT molecular complexity index is 1120. The van der Waals surface area contributed by atoms with Crippen molar-refractivity contribution < 1.29 is 9.47 Å². The lowest BCUT2D eigenvalue weighted by molar-refractivity contribution is 0.394. The zero-order chi connectivity index (χ0) is 19.3. The lowest BCUT2D eigenvalue weighted by Gasteiger charge is -2.07. The second-order valence-corrected chi connectivity index (χ2v) is 5.83. The van der Waals surface area contributed by atoms with E-state index in [1.54, 1.807) is 37.4 Å². The zero-order valence-corrected chi connectivity index (χ0v) is 15.4. The van der Waals surface area contributed by atoms with Gasteiger partial charge in [-0.3, -0.25) is 5.43 Å². The van der Waals surface area contributed by atoms with Gasteiger partial charge in [0.25, 0.3) is 0 Å². The summed E-state index contributed by atoms with van der Waals surface area (Å²) in [4.78, 5) is 8.63. The van der Waals surface area contributed by atoms with E-state index in [4.69, 9.17) is 9.47 Å². The Hall–Kier alpha value is -3.94. The third kappa shape index (κ3) is 3.35. The molecule has 0 saturated carbocycles. The fraction of sp³-hybridized carbons (Fsp3) is 0.100. The average molecular weight is 374 g/mol. The molecule has 8 nitrogen and oxygen atoms in total. The number of hydrazone groups is 1. The number of rotatable bonds is 6. The van der Waals surface area contributed by atoms with E-state index < -0.39 is 0 Å². The van der Waals surface area contributed by atoms with Crippen LogP contribution in [0.1, 0.15) is 5.56 Å². The Kier molecular flexibility index (Phi) is 4.83. The number of fused-ring (bicyclic) bond motifs is 1. The van der Waals surface area contributed by atoms with Gasteiger partial charge in [-0.25, -0.2) is 14.6 Å². The number of nitrogens with zero attached hydrogens (tertiary/aromatic N) is 5. The summed E-state index contributed by atoms with van der Waals surface area (Å²) in [6.07, 6.45) is 4.86. The first-order valence-corrected chi connectivity index (χ1v) is 8.55. The van der Waals surface area contributed by atoms with Crippen LogP contribution in [-0.2, 0) is 0 Å². The van der Waals surface area contributed by atoms with Crippen LogP contribution in [0.2, 0.25) is 0 Å². The summed E-state index contributed by atoms with van der Waals surface area (Å²) in [7, 11) is 3.21. The summed E-state index contributed by atoms with van der Waals surface area (Å²) >= 11 is 0. The molecule has 0 radical (unpaired) electrons. The predicted molar refractivity (Wildman–Crippen MR) is 107 cm³/mol. The summed E-state index contributed by atoms with van der Waals surface area (Å²) in [5.74, 6) is 1.94. The van der Waals surface area contributed by atoms with E-state index in [0.717, 1.165) is 16.6 Å². The van der Waals surface area contributed by atoms with Crippen molar-refractivity contribution in [2.45, 2.75) is 0 Å². The van der Waals surface area contributed by atoms with Crippen LogP contribution >= 0.6 is 0 Å². The number of hydrogen-bond acceptors (Lipinski definition) is 7. The summed E-state index contributed by atoms with van der Waals surface area (Å²) < 4.78 is 12.3. The molecule has 4 rings (SSSR count). The van der Waals surface area contributed by atoms with Gasteiger partial charge in [0.1, 0.15) is 17.8 Å². The summed E-state index contributed by atoms with van der Waals surface area (Å²) in [5.41, 5.74) is 5.39. The quantitative estimate of drug-likeness (QED) is 0.412. The Morgan fingerprint density at radius 2 is 1.89 bits per heavy atom. The number of ether oxygens (including phenoxy) is 2. The van der Waals surface area contributed by atoms with Crippen LogP contribution in [0.15, 0.2) is 66.2 Å². The number of anilines is 1. The maximum Gasteiger partial charge on any atom is 0.168 e. The van der Waals surface area contributed by atoms with Gasteiger partial charge in [0, 0.05) is 11.6 Å². The van der Waals surface area contributed by atoms with Gasteiger partial charge in [-0.15, -0.1) is 0 Å². The third-order valence-corrected chi connectivity index (χ3v) is 4.18. The first-order valence-electron chi connectivity index (χ1n) is 8.55. The van der Waals surface area contributed by atoms with Crippen molar-refractivity contribution in [1.29, 1.82) is 0 Å². The number of hydrogen-bond donors (Lipinski definition) is 1. The van der Waals surface area contributed by atoms with Gasteiger partial charge < -0.3 is 9.47 Å². The fourth-order valence-electron chi connectivity index (χ4n) is 2.78. The molecule has 0 atom stereocenters. The Morgan fingerprint density at radius 3 is 2.68 bits per heavy atom. The van der Waals surface area contributed by atoms with Crippen molar-refractivity contribution in [2.75, 3.05) is 19.6 Å². The largest absolute Gasteiger partial charge is 0.497 e. The van der Waals surface area contributed by atoms with Crippen LogP contribution in [0.3, 0.4) is 0 Å². The predicted octanol–water partition coefficient (Wildman–Crippen LogP) is 3.28. The summed E-state index contributed by atoms with van der Waals surface area (Å²) in [6.45, 7) is 0. The Labute approximate surface area is 161 Å². The van der Waals surface area contributed by atoms with E-state index in [1.165, 1.54) is 6.33 Å². The van der Waals surface area contributed by atoms with E-state index >= 15 is 0 Å². The third-order valence-electron chi connectivity index (χ3n) is 4.18. The van der Waals surface area contributed by atoms with E-state index in [1.807, 2.05) is 42.5 Å². The molecule has 4 aromatic rings. The molecule has 0 saturated heterocycles. The molecule has 0 aliphatic heterocycles. The lowest BCUT2D eigenvalue weighted by atomic mass is 10.2. The first-order chi connectivity index (χ1) is 13.8. The lowest BCUT2D eigenvalue weighted by Crippen LogP contribution is -1.99. The smallest absolute Gasteiger partial charge is 0.168 e. The van der Waals surface area contributed by atoms with Crippen molar-refractivity contribution in [3.05, 3.63) is 66.6 Å². The maximum absolute atomic E-state index is 5.38. The molecule has 0 aliphatic carbocycles. The highest BCUT2D eigenvalue weighted by molar-refractivity contribution is 5.88. The van der Waals surface area contributed by atoms with Gasteiger partial charge in [0.05, 0.1) is 37.7 Å². The van der Waals surface area contributed by atoms with Crippen LogP contribution in [0.4, 0.5) is 5.82 Å². The number of benzene rings is 2. The molecule has 8 heteroatoms. The Morgan fingerprint density at radius 1 is 1.04 bits per heavy atom. The summed E-state index contributed by atoms with van der Waals surface area (Å²) in [5, 5.41) is 9.48. The van der Waals surface area contributed by atoms with Crippen LogP contribution in [0.25, 0.3) is 16.7 Å². The standard InChI is InChI=1S/C20H18N6O2/c1-27-16-9-8-14(18(10-16)28-2)11-23-25-19-17-12-24-26(20(17)22-13-21-19)15-6-4-3-5-7-15/h3-13H,1-2H3,(H,21,22,25). The SMILES string of the molecule is COc1ccc(C=NNc2ncnc3c2cnn3-c2ccccc2)c(OC)c1. The molecule has 2 heterocycles. The normalized spacial score (nSPS) is 11.1. The first kappa shape index (κ1) is 17.5. The van der Waals surface area contributed by atoms with E-state index in [0.29, 0.717) is 23.0 Å². The highest BCUT2D eigenvalue weighted by Gasteiger charge is 2.10. The van der Waals surface area contributed by atoms with Gasteiger partial charge in [-0.05, 0) is 24.3 Å². The van der Waals surface area contributed by atoms with Crippen molar-refractivity contribution >= 4 is 23.1 Å². The van der Waals surface area contributed by atoms with Crippen molar-refractivity contribution in [3.8, 4) is 17.2 Å². The van der Waals surface area contributed by atoms with E-state index in [-0.39, 0.29) is 0 Å². The molecule has 0 spiro atoms. The molecule has 28 heavy (non-hydrogen) atoms. The molecule has 0 unspecified atom stereocenters. The number of aromatic nitrogens is 4. The van der Waals surface area contributed by atoms with E-state index in [9.17, 15) is 0 Å². The van der Waals surface area contributed by atoms with Crippen LogP contribution < -0.4 is 14.9 Å². The van der Waals surface area contributed by atoms with Gasteiger partial charge in [-0.2, -0.15) is 10.2 Å². The van der Waals surface area contributed by atoms with Crippen molar-refractivity contribution in [2.24, 2.45) is 5.10 Å². The molecule has 0 amide bonds. The fourth-order valence-corrected chi connectivity index (χ4v) is 2.78. The van der Waals surface area contributed by atoms with Gasteiger partial charge in [0.2, 0.25) is 0 Å². The minimum absolute atomic E-state index is 0.566. The molecule has 2 aromatic heterocycles. The minimum atomic E-state index is 0.566. The van der Waals surface area contributed by atoms with Crippen LogP contribution in [0, 0.1) is 0 Å². The molecule has 2 aromatic carbocycles. The molecular formula is C20H18N6O2. The number of nitrogens with one attached hydrogen (secondary N) is 1. The van der Waals surface area contributed by atoms with E-state index in [2.05, 4.69) is 25.6 Å². The summed E-state index contributed by atoms with van der Waals surface area (Å²) in [6, 6.07) is 15.3.